The van der Waals surface area contributed by atoms with Crippen molar-refractivity contribution in [2.45, 2.75) is 26.7 Å². The number of hydrogen-bond donors (Lipinski definition) is 1. The minimum atomic E-state index is 0.930. The third-order valence-electron chi connectivity index (χ3n) is 3.21. The molecule has 0 aromatic rings. The number of rotatable bonds is 7. The molecule has 1 N–H and O–H groups in total. The molecule has 0 aliphatic carbocycles. The summed E-state index contributed by atoms with van der Waals surface area (Å²) in [5.74, 6) is 3.44. The van der Waals surface area contributed by atoms with E-state index >= 15 is 0 Å². The van der Waals surface area contributed by atoms with Crippen molar-refractivity contribution in [3.05, 3.63) is 0 Å². The first-order valence-electron chi connectivity index (χ1n) is 6.37. The highest BCUT2D eigenvalue weighted by molar-refractivity contribution is 7.99. The Morgan fingerprint density at radius 1 is 1.27 bits per heavy atom. The van der Waals surface area contributed by atoms with Gasteiger partial charge in [0.15, 0.2) is 0 Å². The third-order valence-corrected chi connectivity index (χ3v) is 4.12. The zero-order chi connectivity index (χ0) is 10.9. The van der Waals surface area contributed by atoms with Crippen LogP contribution < -0.4 is 5.32 Å². The van der Waals surface area contributed by atoms with E-state index in [1.807, 2.05) is 11.8 Å². The molecule has 3 heteroatoms. The Morgan fingerprint density at radius 2 is 2.00 bits per heavy atom. The molecule has 1 aliphatic heterocycles. The summed E-state index contributed by atoms with van der Waals surface area (Å²) in [6.07, 6.45) is 2.78. The average Bonchev–Trinajstić information content (AvgIpc) is 2.30. The van der Waals surface area contributed by atoms with Crippen LogP contribution in [0.4, 0.5) is 0 Å². The Labute approximate surface area is 99.2 Å². The molecule has 1 fully saturated rings. The second-order valence-corrected chi connectivity index (χ2v) is 5.67. The molecule has 2 nitrogen and oxygen atoms in total. The molecule has 1 heterocycles. The second kappa shape index (κ2) is 8.43. The quantitative estimate of drug-likeness (QED) is 0.674. The van der Waals surface area contributed by atoms with E-state index in [0.29, 0.717) is 0 Å². The minimum Gasteiger partial charge on any atom is -0.316 e. The fraction of sp³-hybridized carbons (Fsp3) is 1.00. The van der Waals surface area contributed by atoms with Gasteiger partial charge in [-0.1, -0.05) is 13.8 Å². The molecule has 1 rings (SSSR count). The molecule has 0 amide bonds. The monoisotopic (exact) mass is 230 g/mol. The summed E-state index contributed by atoms with van der Waals surface area (Å²) in [4.78, 5) is 2.56. The zero-order valence-corrected chi connectivity index (χ0v) is 11.1. The van der Waals surface area contributed by atoms with Crippen molar-refractivity contribution >= 4 is 11.8 Å². The molecular weight excluding hydrogens is 204 g/mol. The van der Waals surface area contributed by atoms with E-state index in [4.69, 9.17) is 0 Å². The summed E-state index contributed by atoms with van der Waals surface area (Å²) in [7, 11) is 0. The maximum atomic E-state index is 3.58. The lowest BCUT2D eigenvalue weighted by molar-refractivity contribution is 0.190. The standard InChI is InChI=1S/C12H26N2S/c1-3-14-8-5-12(6-9-14)11-13-7-10-15-4-2/h12-13H,3-11H2,1-2H3. The van der Waals surface area contributed by atoms with Crippen molar-refractivity contribution in [2.75, 3.05) is 44.2 Å². The number of thioether (sulfide) groups is 1. The van der Waals surface area contributed by atoms with Gasteiger partial charge < -0.3 is 10.2 Å². The van der Waals surface area contributed by atoms with Gasteiger partial charge in [0.25, 0.3) is 0 Å². The van der Waals surface area contributed by atoms with Gasteiger partial charge in [0.1, 0.15) is 0 Å². The van der Waals surface area contributed by atoms with Crippen molar-refractivity contribution in [1.29, 1.82) is 0 Å². The van der Waals surface area contributed by atoms with Gasteiger partial charge in [0.05, 0.1) is 0 Å². The lowest BCUT2D eigenvalue weighted by atomic mass is 9.97. The maximum Gasteiger partial charge on any atom is 0.00580 e. The van der Waals surface area contributed by atoms with Crippen LogP contribution in [0.2, 0.25) is 0 Å². The van der Waals surface area contributed by atoms with Crippen molar-refractivity contribution in [1.82, 2.24) is 10.2 Å². The summed E-state index contributed by atoms with van der Waals surface area (Å²) in [6, 6.07) is 0. The molecule has 0 saturated carbocycles. The summed E-state index contributed by atoms with van der Waals surface area (Å²) in [5, 5.41) is 3.58. The van der Waals surface area contributed by atoms with Gasteiger partial charge in [-0.15, -0.1) is 0 Å². The summed E-state index contributed by atoms with van der Waals surface area (Å²) < 4.78 is 0. The maximum absolute atomic E-state index is 3.58. The van der Waals surface area contributed by atoms with Crippen LogP contribution in [0, 0.1) is 5.92 Å². The van der Waals surface area contributed by atoms with Gasteiger partial charge in [-0.3, -0.25) is 0 Å². The highest BCUT2D eigenvalue weighted by Gasteiger charge is 2.16. The van der Waals surface area contributed by atoms with Crippen molar-refractivity contribution in [3.63, 3.8) is 0 Å². The van der Waals surface area contributed by atoms with E-state index in [2.05, 4.69) is 24.1 Å². The third kappa shape index (κ3) is 5.79. The smallest absolute Gasteiger partial charge is 0.00580 e. The van der Waals surface area contributed by atoms with E-state index in [1.54, 1.807) is 0 Å². The first-order valence-corrected chi connectivity index (χ1v) is 7.53. The van der Waals surface area contributed by atoms with Crippen LogP contribution in [0.3, 0.4) is 0 Å². The summed E-state index contributed by atoms with van der Waals surface area (Å²) >= 11 is 2.03. The largest absolute Gasteiger partial charge is 0.316 e. The lowest BCUT2D eigenvalue weighted by Crippen LogP contribution is -2.37. The van der Waals surface area contributed by atoms with E-state index < -0.39 is 0 Å². The minimum absolute atomic E-state index is 0.930. The number of piperidine rings is 1. The molecule has 1 aliphatic rings. The first kappa shape index (κ1) is 13.3. The van der Waals surface area contributed by atoms with Gasteiger partial charge in [-0.2, -0.15) is 11.8 Å². The van der Waals surface area contributed by atoms with Crippen molar-refractivity contribution in [3.8, 4) is 0 Å². The van der Waals surface area contributed by atoms with Gasteiger partial charge in [-0.05, 0) is 50.7 Å². The van der Waals surface area contributed by atoms with E-state index in [9.17, 15) is 0 Å². The first-order chi connectivity index (χ1) is 7.36. The van der Waals surface area contributed by atoms with Crippen LogP contribution in [-0.4, -0.2) is 49.1 Å². The highest BCUT2D eigenvalue weighted by atomic mass is 32.2. The van der Waals surface area contributed by atoms with Gasteiger partial charge >= 0.3 is 0 Å². The molecule has 15 heavy (non-hydrogen) atoms. The van der Waals surface area contributed by atoms with E-state index in [0.717, 1.165) is 5.92 Å². The molecular formula is C12H26N2S. The van der Waals surface area contributed by atoms with E-state index in [-0.39, 0.29) is 0 Å². The van der Waals surface area contributed by atoms with Crippen molar-refractivity contribution < 1.29 is 0 Å². The number of nitrogens with one attached hydrogen (secondary N) is 1. The fourth-order valence-corrected chi connectivity index (χ4v) is 2.68. The second-order valence-electron chi connectivity index (χ2n) is 4.28. The van der Waals surface area contributed by atoms with E-state index in [1.165, 1.54) is 57.1 Å². The SMILES string of the molecule is CCSCCNCC1CCN(CC)CC1. The molecule has 0 spiro atoms. The highest BCUT2D eigenvalue weighted by Crippen LogP contribution is 2.15. The molecule has 0 aromatic carbocycles. The Balaban J connectivity index is 1.94. The Hall–Kier alpha value is 0.270. The molecule has 1 saturated heterocycles. The van der Waals surface area contributed by atoms with Gasteiger partial charge in [0, 0.05) is 12.3 Å². The van der Waals surface area contributed by atoms with Gasteiger partial charge in [-0.25, -0.2) is 0 Å². The average molecular weight is 230 g/mol. The van der Waals surface area contributed by atoms with Crippen LogP contribution >= 0.6 is 11.8 Å². The summed E-state index contributed by atoms with van der Waals surface area (Å²) in [6.45, 7) is 10.8. The topological polar surface area (TPSA) is 15.3 Å². The fourth-order valence-electron chi connectivity index (χ4n) is 2.10. The van der Waals surface area contributed by atoms with Crippen molar-refractivity contribution in [2.24, 2.45) is 5.92 Å². The number of likely N-dealkylation sites (tertiary alicyclic amines) is 1. The molecule has 0 unspecified atom stereocenters. The Morgan fingerprint density at radius 3 is 2.60 bits per heavy atom. The molecule has 0 bridgehead atoms. The Bertz CT molecular complexity index is 145. The normalized spacial score (nSPS) is 19.6. The van der Waals surface area contributed by atoms with Crippen LogP contribution in [0.15, 0.2) is 0 Å². The molecule has 0 radical (unpaired) electrons. The van der Waals surface area contributed by atoms with Crippen LogP contribution in [-0.2, 0) is 0 Å². The predicted molar refractivity (Wildman–Crippen MR) is 70.7 cm³/mol. The van der Waals surface area contributed by atoms with Crippen LogP contribution in [0.1, 0.15) is 26.7 Å². The van der Waals surface area contributed by atoms with Crippen LogP contribution in [0.25, 0.3) is 0 Å². The Kier molecular flexibility index (Phi) is 7.49. The van der Waals surface area contributed by atoms with Gasteiger partial charge in [0.2, 0.25) is 0 Å². The molecule has 0 atom stereocenters. The summed E-state index contributed by atoms with van der Waals surface area (Å²) in [5.41, 5.74) is 0. The number of hydrogen-bond acceptors (Lipinski definition) is 3. The molecule has 90 valence electrons. The number of nitrogens with zero attached hydrogens (tertiary/aromatic N) is 1. The lowest BCUT2D eigenvalue weighted by Gasteiger charge is -2.31. The van der Waals surface area contributed by atoms with Crippen LogP contribution in [0.5, 0.6) is 0 Å². The zero-order valence-electron chi connectivity index (χ0n) is 10.3. The predicted octanol–water partition coefficient (Wildman–Crippen LogP) is 2.06. The molecule has 0 aromatic heterocycles.